The third-order valence-electron chi connectivity index (χ3n) is 3.67. The molecule has 0 saturated heterocycles. The van der Waals surface area contributed by atoms with Gasteiger partial charge in [-0.2, -0.15) is 14.2 Å². The van der Waals surface area contributed by atoms with Gasteiger partial charge in [-0.05, 0) is 12.1 Å². The Kier molecular flexibility index (Phi) is 22.0. The van der Waals surface area contributed by atoms with Crippen LogP contribution in [0.4, 0.5) is 4.39 Å². The summed E-state index contributed by atoms with van der Waals surface area (Å²) in [4.78, 5) is 36.6. The van der Waals surface area contributed by atoms with Crippen molar-refractivity contribution in [3.8, 4) is 0 Å². The summed E-state index contributed by atoms with van der Waals surface area (Å²) in [7, 11) is 3.02. The first-order valence-corrected chi connectivity index (χ1v) is 9.35. The fourth-order valence-corrected chi connectivity index (χ4v) is 3.30. The number of halogens is 1. The molecule has 1 aromatic carbocycles. The summed E-state index contributed by atoms with van der Waals surface area (Å²) < 4.78 is 21.0. The number of carbonyl (C=O) groups is 3. The first-order valence-electron chi connectivity index (χ1n) is 8.47. The van der Waals surface area contributed by atoms with Crippen LogP contribution in [0.15, 0.2) is 29.8 Å². The molecule has 32 heavy (non-hydrogen) atoms. The quantitative estimate of drug-likeness (QED) is 0.255. The van der Waals surface area contributed by atoms with E-state index < -0.39 is 11.6 Å². The molecule has 0 bridgehead atoms. The molecule has 0 aliphatic rings. The Hall–Kier alpha value is -0.790. The fourth-order valence-electron chi connectivity index (χ4n) is 2.53. The first kappa shape index (κ1) is 35.8. The van der Waals surface area contributed by atoms with E-state index in [9.17, 15) is 14.0 Å². The number of carbonyl (C=O) groups excluding carboxylic acids is 3. The van der Waals surface area contributed by atoms with Crippen LogP contribution in [0.25, 0.3) is 10.9 Å². The molecule has 12 heteroatoms. The molecule has 3 rings (SSSR count). The Balaban J connectivity index is -0.000000971. The molecular formula is C20H23FN2Na2O6S. The van der Waals surface area contributed by atoms with Crippen LogP contribution in [0, 0.1) is 5.82 Å². The Morgan fingerprint density at radius 2 is 1.78 bits per heavy atom. The zero-order valence-corrected chi connectivity index (χ0v) is 24.0. The molecule has 0 saturated carbocycles. The van der Waals surface area contributed by atoms with Crippen LogP contribution >= 0.6 is 11.3 Å². The summed E-state index contributed by atoms with van der Waals surface area (Å²) >= 11 is 1.09. The molecule has 0 fully saturated rings. The molecule has 0 N–H and O–H groups in total. The number of nitrogens with zero attached hydrogens (tertiary/aromatic N) is 2. The van der Waals surface area contributed by atoms with E-state index in [2.05, 4.69) is 4.98 Å². The second-order valence-corrected chi connectivity index (χ2v) is 6.07. The summed E-state index contributed by atoms with van der Waals surface area (Å²) in [6.45, 7) is 3.93. The number of rotatable bonds is 6. The van der Waals surface area contributed by atoms with Crippen LogP contribution in [0.5, 0.6) is 0 Å². The number of ether oxygens (including phenoxy) is 1. The van der Waals surface area contributed by atoms with E-state index in [1.165, 1.54) is 13.2 Å². The van der Waals surface area contributed by atoms with E-state index in [1.807, 2.05) is 6.79 Å². The monoisotopic (exact) mass is 484 g/mol. The van der Waals surface area contributed by atoms with Gasteiger partial charge in [0.05, 0.1) is 11.1 Å². The molecule has 2 heterocycles. The largest absolute Gasteiger partial charge is 1.00 e. The number of Topliss-reactive ketones (excluding diaryl/α,β-unsaturated/α-hetero) is 1. The summed E-state index contributed by atoms with van der Waals surface area (Å²) in [5.41, 5.74) is 1.05. The van der Waals surface area contributed by atoms with Gasteiger partial charge < -0.3 is 24.3 Å². The predicted octanol–water partition coefficient (Wildman–Crippen LogP) is -4.56. The van der Waals surface area contributed by atoms with Crippen LogP contribution in [-0.4, -0.2) is 49.2 Å². The first-order chi connectivity index (χ1) is 14.6. The summed E-state index contributed by atoms with van der Waals surface area (Å²) in [6, 6.07) is 4.62. The zero-order valence-electron chi connectivity index (χ0n) is 19.1. The van der Waals surface area contributed by atoms with E-state index in [-0.39, 0.29) is 93.3 Å². The van der Waals surface area contributed by atoms with Gasteiger partial charge in [-0.1, -0.05) is 13.0 Å². The molecule has 0 radical (unpaired) electrons. The van der Waals surface area contributed by atoms with Crippen molar-refractivity contribution in [2.75, 3.05) is 21.3 Å². The van der Waals surface area contributed by atoms with Gasteiger partial charge in [-0.3, -0.25) is 9.59 Å². The molecule has 8 nitrogen and oxygen atoms in total. The Morgan fingerprint density at radius 3 is 2.31 bits per heavy atom. The zero-order chi connectivity index (χ0) is 23.3. The number of hydrogen-bond acceptors (Lipinski definition) is 8. The van der Waals surface area contributed by atoms with Crippen LogP contribution in [-0.2, 0) is 16.3 Å². The third kappa shape index (κ3) is 8.86. The van der Waals surface area contributed by atoms with Crippen LogP contribution in [0.1, 0.15) is 39.2 Å². The standard InChI is InChI=1S/C17H15FN2O3S.2CH3O.CH2O.2Na/c1-3-14(21)12-8-24-17(19-12)16(22)10-7-20(9-23-2)13-6-4-5-11(18)15(10)13;3*1-2;;/h4-8H,3,9H2,1-2H3;2*1H3;1H2;;/q;2*-1;;2*+1. The van der Waals surface area contributed by atoms with Crippen molar-refractivity contribution in [1.82, 2.24) is 9.55 Å². The van der Waals surface area contributed by atoms with Gasteiger partial charge in [0.2, 0.25) is 5.78 Å². The van der Waals surface area contributed by atoms with Crippen LogP contribution in [0.2, 0.25) is 0 Å². The molecule has 0 atom stereocenters. The number of thiazole rings is 1. The number of methoxy groups -OCH3 is 1. The van der Waals surface area contributed by atoms with Crippen LogP contribution in [0.3, 0.4) is 0 Å². The van der Waals surface area contributed by atoms with Gasteiger partial charge in [-0.15, -0.1) is 11.3 Å². The Labute approximate surface area is 234 Å². The summed E-state index contributed by atoms with van der Waals surface area (Å²) in [5.74, 6) is -1.01. The maximum absolute atomic E-state index is 14.3. The summed E-state index contributed by atoms with van der Waals surface area (Å²) in [6.07, 6.45) is 1.88. The minimum Gasteiger partial charge on any atom is -0.857 e. The van der Waals surface area contributed by atoms with Crippen molar-refractivity contribution in [1.29, 1.82) is 0 Å². The third-order valence-corrected chi connectivity index (χ3v) is 4.51. The predicted molar refractivity (Wildman–Crippen MR) is 108 cm³/mol. The average Bonchev–Trinajstić information content (AvgIpc) is 3.44. The van der Waals surface area contributed by atoms with E-state index in [4.69, 9.17) is 19.7 Å². The fraction of sp³-hybridized carbons (Fsp3) is 0.300. The summed E-state index contributed by atoms with van der Waals surface area (Å²) in [5, 5.41) is 18.5. The van der Waals surface area contributed by atoms with Crippen molar-refractivity contribution in [2.45, 2.75) is 20.1 Å². The number of ketones is 2. The van der Waals surface area contributed by atoms with Gasteiger partial charge in [0.1, 0.15) is 25.0 Å². The topological polar surface area (TPSA) is 124 Å². The number of benzene rings is 1. The van der Waals surface area contributed by atoms with Gasteiger partial charge in [0.15, 0.2) is 10.8 Å². The maximum Gasteiger partial charge on any atom is 1.00 e. The number of hydrogen-bond donors (Lipinski definition) is 0. The van der Waals surface area contributed by atoms with Gasteiger partial charge in [-0.25, -0.2) is 9.37 Å². The minimum absolute atomic E-state index is 0. The normalized spacial score (nSPS) is 8.84. The molecule has 0 spiro atoms. The van der Waals surface area contributed by atoms with Gasteiger partial charge in [0.25, 0.3) is 0 Å². The molecule has 0 aliphatic carbocycles. The van der Waals surface area contributed by atoms with E-state index in [1.54, 1.807) is 35.2 Å². The van der Waals surface area contributed by atoms with Crippen molar-refractivity contribution >= 4 is 40.6 Å². The SMILES string of the molecule is C=O.CCC(=O)c1csc(C(=O)c2cn(COC)c3cccc(F)c23)n1.C[O-].C[O-].[Na+].[Na+]. The van der Waals surface area contributed by atoms with Crippen molar-refractivity contribution < 1.29 is 92.8 Å². The molecule has 3 aromatic rings. The van der Waals surface area contributed by atoms with E-state index in [0.717, 1.165) is 25.6 Å². The average molecular weight is 484 g/mol. The van der Waals surface area contributed by atoms with Crippen LogP contribution < -0.4 is 69.3 Å². The Morgan fingerprint density at radius 1 is 1.19 bits per heavy atom. The van der Waals surface area contributed by atoms with Gasteiger partial charge in [0, 0.05) is 30.5 Å². The van der Waals surface area contributed by atoms with Crippen molar-refractivity contribution in [3.05, 3.63) is 51.9 Å². The maximum atomic E-state index is 14.3. The number of aromatic nitrogens is 2. The second-order valence-electron chi connectivity index (χ2n) is 5.21. The van der Waals surface area contributed by atoms with Gasteiger partial charge >= 0.3 is 59.1 Å². The molecule has 0 amide bonds. The minimum atomic E-state index is -0.480. The molecular weight excluding hydrogens is 461 g/mol. The van der Waals surface area contributed by atoms with Crippen molar-refractivity contribution in [2.24, 2.45) is 0 Å². The second kappa shape index (κ2) is 19.7. The molecule has 0 aliphatic heterocycles. The Bertz CT molecular complexity index is 965. The molecule has 164 valence electrons. The van der Waals surface area contributed by atoms with E-state index >= 15 is 0 Å². The molecule has 2 aromatic heterocycles. The van der Waals surface area contributed by atoms with Crippen molar-refractivity contribution in [3.63, 3.8) is 0 Å². The number of fused-ring (bicyclic) bond motifs is 1. The van der Waals surface area contributed by atoms with E-state index in [0.29, 0.717) is 11.9 Å². The smallest absolute Gasteiger partial charge is 0.857 e. The molecule has 0 unspecified atom stereocenters.